The molecule has 0 saturated carbocycles. The summed E-state index contributed by atoms with van der Waals surface area (Å²) in [5.74, 6) is 0.103. The Hall–Kier alpha value is -1.63. The molecule has 7 heteroatoms. The van der Waals surface area contributed by atoms with Crippen LogP contribution in [-0.2, 0) is 9.53 Å². The zero-order valence-electron chi connectivity index (χ0n) is 11.8. The van der Waals surface area contributed by atoms with Crippen molar-refractivity contribution in [3.63, 3.8) is 0 Å². The molecule has 0 atom stereocenters. The predicted molar refractivity (Wildman–Crippen MR) is 82.4 cm³/mol. The van der Waals surface area contributed by atoms with Crippen LogP contribution >= 0.6 is 15.9 Å². The maximum atomic E-state index is 11.3. The van der Waals surface area contributed by atoms with Crippen molar-refractivity contribution in [1.29, 1.82) is 0 Å². The van der Waals surface area contributed by atoms with Crippen LogP contribution in [-0.4, -0.2) is 31.1 Å². The van der Waals surface area contributed by atoms with Gasteiger partial charge in [-0.25, -0.2) is 0 Å². The van der Waals surface area contributed by atoms with Crippen LogP contribution in [0.15, 0.2) is 22.7 Å². The smallest absolute Gasteiger partial charge is 0.305 e. The molecule has 114 valence electrons. The minimum Gasteiger partial charge on any atom is -0.469 e. The minimum absolute atomic E-state index is 0.107. The summed E-state index contributed by atoms with van der Waals surface area (Å²) < 4.78 is 5.37. The van der Waals surface area contributed by atoms with E-state index in [1.54, 1.807) is 6.07 Å². The van der Waals surface area contributed by atoms with E-state index in [1.165, 1.54) is 13.2 Å². The van der Waals surface area contributed by atoms with E-state index in [2.05, 4.69) is 20.7 Å². The summed E-state index contributed by atoms with van der Waals surface area (Å²) >= 11 is 3.26. The molecule has 0 unspecified atom stereocenters. The third-order valence-electron chi connectivity index (χ3n) is 3.77. The summed E-state index contributed by atoms with van der Waals surface area (Å²) in [6.07, 6.45) is 2.09. The predicted octanol–water partition coefficient (Wildman–Crippen LogP) is 3.14. The van der Waals surface area contributed by atoms with Gasteiger partial charge in [0.1, 0.15) is 5.69 Å². The number of rotatable bonds is 4. The van der Waals surface area contributed by atoms with Gasteiger partial charge in [0, 0.05) is 30.0 Å². The van der Waals surface area contributed by atoms with E-state index in [9.17, 15) is 14.9 Å². The van der Waals surface area contributed by atoms with Crippen LogP contribution in [0.25, 0.3) is 0 Å². The van der Waals surface area contributed by atoms with Gasteiger partial charge in [0.05, 0.1) is 12.0 Å². The highest BCUT2D eigenvalue weighted by Crippen LogP contribution is 2.34. The van der Waals surface area contributed by atoms with Crippen LogP contribution in [0, 0.1) is 16.0 Å². The van der Waals surface area contributed by atoms with Crippen LogP contribution in [0.5, 0.6) is 0 Å². The quantitative estimate of drug-likeness (QED) is 0.470. The molecule has 1 heterocycles. The number of carbonyl (C=O) groups excluding carboxylic acids is 1. The molecule has 0 amide bonds. The van der Waals surface area contributed by atoms with Crippen molar-refractivity contribution in [1.82, 2.24) is 0 Å². The van der Waals surface area contributed by atoms with Crippen LogP contribution in [0.1, 0.15) is 19.3 Å². The van der Waals surface area contributed by atoms with Crippen molar-refractivity contribution in [3.8, 4) is 0 Å². The largest absolute Gasteiger partial charge is 0.469 e. The van der Waals surface area contributed by atoms with Gasteiger partial charge < -0.3 is 9.64 Å². The van der Waals surface area contributed by atoms with E-state index in [1.807, 2.05) is 11.0 Å². The molecule has 21 heavy (non-hydrogen) atoms. The summed E-state index contributed by atoms with van der Waals surface area (Å²) in [7, 11) is 1.39. The molecular weight excluding hydrogens is 340 g/mol. The number of nitrogens with zero attached hydrogens (tertiary/aromatic N) is 2. The Morgan fingerprint density at radius 1 is 1.48 bits per heavy atom. The van der Waals surface area contributed by atoms with Gasteiger partial charge in [-0.2, -0.15) is 0 Å². The van der Waals surface area contributed by atoms with Gasteiger partial charge in [-0.3, -0.25) is 14.9 Å². The summed E-state index contributed by atoms with van der Waals surface area (Å²) in [6, 6.07) is 5.10. The molecule has 2 rings (SSSR count). The molecule has 0 spiro atoms. The fourth-order valence-electron chi connectivity index (χ4n) is 2.61. The number of ether oxygens (including phenoxy) is 1. The Labute approximate surface area is 131 Å². The first-order valence-electron chi connectivity index (χ1n) is 6.77. The number of piperidine rings is 1. The Morgan fingerprint density at radius 3 is 2.71 bits per heavy atom. The monoisotopic (exact) mass is 356 g/mol. The molecule has 1 aromatic rings. The van der Waals surface area contributed by atoms with E-state index in [0.717, 1.165) is 12.8 Å². The maximum absolute atomic E-state index is 11.3. The SMILES string of the molecule is COC(=O)CC1CCN(c2ccc(Br)cc2[N+](=O)[O-])CC1. The fraction of sp³-hybridized carbons (Fsp3) is 0.500. The van der Waals surface area contributed by atoms with E-state index in [4.69, 9.17) is 0 Å². The van der Waals surface area contributed by atoms with Crippen molar-refractivity contribution >= 4 is 33.3 Å². The van der Waals surface area contributed by atoms with Crippen LogP contribution in [0.4, 0.5) is 11.4 Å². The summed E-state index contributed by atoms with van der Waals surface area (Å²) in [5, 5.41) is 11.2. The molecule has 1 aliphatic rings. The zero-order valence-corrected chi connectivity index (χ0v) is 13.3. The molecule has 1 saturated heterocycles. The molecule has 1 aliphatic heterocycles. The van der Waals surface area contributed by atoms with E-state index in [-0.39, 0.29) is 16.6 Å². The van der Waals surface area contributed by atoms with Gasteiger partial charge in [0.2, 0.25) is 0 Å². The van der Waals surface area contributed by atoms with Crippen molar-refractivity contribution < 1.29 is 14.5 Å². The molecule has 0 radical (unpaired) electrons. The molecule has 0 N–H and O–H groups in total. The summed E-state index contributed by atoms with van der Waals surface area (Å²) in [6.45, 7) is 1.42. The van der Waals surface area contributed by atoms with Gasteiger partial charge in [-0.15, -0.1) is 0 Å². The first-order valence-corrected chi connectivity index (χ1v) is 7.56. The first-order chi connectivity index (χ1) is 10.0. The van der Waals surface area contributed by atoms with Crippen molar-refractivity contribution in [2.45, 2.75) is 19.3 Å². The van der Waals surface area contributed by atoms with Crippen molar-refractivity contribution in [2.24, 2.45) is 5.92 Å². The third kappa shape index (κ3) is 3.93. The van der Waals surface area contributed by atoms with Gasteiger partial charge in [0.15, 0.2) is 0 Å². The second-order valence-electron chi connectivity index (χ2n) is 5.10. The number of benzene rings is 1. The molecule has 6 nitrogen and oxygen atoms in total. The standard InChI is InChI=1S/C14H17BrN2O4/c1-21-14(18)8-10-4-6-16(7-5-10)12-3-2-11(15)9-13(12)17(19)20/h2-3,9-10H,4-8H2,1H3. The lowest BCUT2D eigenvalue weighted by Gasteiger charge is -2.32. The third-order valence-corrected chi connectivity index (χ3v) is 4.27. The molecule has 0 bridgehead atoms. The van der Waals surface area contributed by atoms with E-state index >= 15 is 0 Å². The second kappa shape index (κ2) is 6.89. The topological polar surface area (TPSA) is 72.7 Å². The lowest BCUT2D eigenvalue weighted by atomic mass is 9.93. The second-order valence-corrected chi connectivity index (χ2v) is 6.02. The van der Waals surface area contributed by atoms with Crippen LogP contribution in [0.2, 0.25) is 0 Å². The zero-order chi connectivity index (χ0) is 15.4. The number of nitro benzene ring substituents is 1. The number of anilines is 1. The van der Waals surface area contributed by atoms with Gasteiger partial charge in [0.25, 0.3) is 5.69 Å². The highest BCUT2D eigenvalue weighted by atomic mass is 79.9. The Morgan fingerprint density at radius 2 is 2.14 bits per heavy atom. The summed E-state index contributed by atoms with van der Waals surface area (Å²) in [4.78, 5) is 24.1. The van der Waals surface area contributed by atoms with E-state index < -0.39 is 0 Å². The lowest BCUT2D eigenvalue weighted by Crippen LogP contribution is -2.34. The highest BCUT2D eigenvalue weighted by molar-refractivity contribution is 9.10. The van der Waals surface area contributed by atoms with Crippen molar-refractivity contribution in [2.75, 3.05) is 25.1 Å². The Bertz CT molecular complexity index is 542. The van der Waals surface area contributed by atoms with E-state index in [0.29, 0.717) is 35.6 Å². The number of methoxy groups -OCH3 is 1. The number of hydrogen-bond donors (Lipinski definition) is 0. The Balaban J connectivity index is 2.05. The number of esters is 1. The van der Waals surface area contributed by atoms with Gasteiger partial charge >= 0.3 is 5.97 Å². The molecule has 0 aromatic heterocycles. The minimum atomic E-state index is -0.360. The van der Waals surface area contributed by atoms with Crippen LogP contribution in [0.3, 0.4) is 0 Å². The van der Waals surface area contributed by atoms with Crippen LogP contribution < -0.4 is 4.90 Å². The summed E-state index contributed by atoms with van der Waals surface area (Å²) in [5.41, 5.74) is 0.746. The number of nitro groups is 1. The maximum Gasteiger partial charge on any atom is 0.305 e. The first kappa shape index (κ1) is 15.8. The normalized spacial score (nSPS) is 15.8. The number of carbonyl (C=O) groups is 1. The number of halogens is 1. The van der Waals surface area contributed by atoms with Crippen molar-refractivity contribution in [3.05, 3.63) is 32.8 Å². The molecule has 1 aromatic carbocycles. The lowest BCUT2D eigenvalue weighted by molar-refractivity contribution is -0.384. The molecule has 1 fully saturated rings. The van der Waals surface area contributed by atoms with Gasteiger partial charge in [-0.1, -0.05) is 15.9 Å². The molecular formula is C14H17BrN2O4. The average Bonchev–Trinajstić information content (AvgIpc) is 2.48. The van der Waals surface area contributed by atoms with Gasteiger partial charge in [-0.05, 0) is 30.9 Å². The average molecular weight is 357 g/mol. The Kier molecular flexibility index (Phi) is 5.17. The highest BCUT2D eigenvalue weighted by Gasteiger charge is 2.26. The fourth-order valence-corrected chi connectivity index (χ4v) is 2.96. The molecule has 0 aliphatic carbocycles. The number of hydrogen-bond acceptors (Lipinski definition) is 5.